The second-order valence-electron chi connectivity index (χ2n) is 9.85. The van der Waals surface area contributed by atoms with Crippen LogP contribution in [-0.2, 0) is 14.3 Å². The second kappa shape index (κ2) is 9.37. The van der Waals surface area contributed by atoms with Crippen LogP contribution in [0, 0.1) is 5.92 Å². The maximum absolute atomic E-state index is 12.5. The van der Waals surface area contributed by atoms with Gasteiger partial charge in [-0.3, -0.25) is 0 Å². The molecule has 2 N–H and O–H groups in total. The normalized spacial score (nSPS) is 16.1. The van der Waals surface area contributed by atoms with E-state index in [1.807, 2.05) is 48.5 Å². The van der Waals surface area contributed by atoms with Crippen molar-refractivity contribution >= 4 is 18.2 Å². The van der Waals surface area contributed by atoms with E-state index in [1.165, 1.54) is 4.90 Å². The van der Waals surface area contributed by atoms with E-state index >= 15 is 0 Å². The first-order valence-corrected chi connectivity index (χ1v) is 11.4. The van der Waals surface area contributed by atoms with E-state index in [0.717, 1.165) is 22.3 Å². The molecule has 0 spiro atoms. The average Bonchev–Trinajstić information content (AvgIpc) is 3.06. The predicted molar refractivity (Wildman–Crippen MR) is 126 cm³/mol. The monoisotopic (exact) mass is 466 g/mol. The Morgan fingerprint density at radius 1 is 1.03 bits per heavy atom. The summed E-state index contributed by atoms with van der Waals surface area (Å²) in [5.74, 6) is -1.28. The van der Waals surface area contributed by atoms with Crippen LogP contribution in [0.25, 0.3) is 11.1 Å². The number of likely N-dealkylation sites (tertiary alicyclic amines) is 1. The summed E-state index contributed by atoms with van der Waals surface area (Å²) < 4.78 is 10.8. The van der Waals surface area contributed by atoms with Gasteiger partial charge in [-0.15, -0.1) is 0 Å². The summed E-state index contributed by atoms with van der Waals surface area (Å²) in [5.41, 5.74) is 3.83. The van der Waals surface area contributed by atoms with Gasteiger partial charge in [0, 0.05) is 19.0 Å². The first-order valence-electron chi connectivity index (χ1n) is 11.4. The van der Waals surface area contributed by atoms with Crippen molar-refractivity contribution in [3.63, 3.8) is 0 Å². The summed E-state index contributed by atoms with van der Waals surface area (Å²) in [6.07, 6.45) is -0.976. The Morgan fingerprint density at radius 3 is 2.12 bits per heavy atom. The Kier molecular flexibility index (Phi) is 6.50. The number of hydrogen-bond acceptors (Lipinski definition) is 5. The molecule has 0 saturated carbocycles. The summed E-state index contributed by atoms with van der Waals surface area (Å²) in [4.78, 5) is 37.8. The number of alkyl carbamates (subject to hydrolysis) is 1. The van der Waals surface area contributed by atoms with Crippen molar-refractivity contribution < 1.29 is 29.0 Å². The fourth-order valence-electron chi connectivity index (χ4n) is 4.53. The highest BCUT2D eigenvalue weighted by Gasteiger charge is 2.37. The van der Waals surface area contributed by atoms with Crippen LogP contribution in [0.1, 0.15) is 44.2 Å². The highest BCUT2D eigenvalue weighted by molar-refractivity contribution is 5.81. The zero-order valence-corrected chi connectivity index (χ0v) is 19.6. The molecule has 1 aliphatic carbocycles. The molecule has 8 heteroatoms. The zero-order valence-electron chi connectivity index (χ0n) is 19.6. The number of ether oxygens (including phenoxy) is 2. The van der Waals surface area contributed by atoms with E-state index in [0.29, 0.717) is 13.1 Å². The molecule has 0 aromatic heterocycles. The van der Waals surface area contributed by atoms with E-state index in [-0.39, 0.29) is 24.9 Å². The topological polar surface area (TPSA) is 105 Å². The number of hydrogen-bond donors (Lipinski definition) is 2. The molecule has 2 aromatic rings. The third-order valence-corrected chi connectivity index (χ3v) is 6.11. The number of amides is 2. The number of nitrogens with one attached hydrogen (secondary N) is 1. The Bertz CT molecular complexity index is 1040. The minimum absolute atomic E-state index is 0.0393. The van der Waals surface area contributed by atoms with Gasteiger partial charge in [-0.25, -0.2) is 14.4 Å². The summed E-state index contributed by atoms with van der Waals surface area (Å²) in [5, 5.41) is 12.1. The highest BCUT2D eigenvalue weighted by Crippen LogP contribution is 2.44. The smallest absolute Gasteiger partial charge is 0.410 e. The Balaban J connectivity index is 1.30. The molecule has 2 amide bonds. The molecule has 4 rings (SSSR count). The Hall–Kier alpha value is -3.55. The van der Waals surface area contributed by atoms with Gasteiger partial charge in [0.2, 0.25) is 0 Å². The Morgan fingerprint density at radius 2 is 1.59 bits per heavy atom. The molecule has 1 heterocycles. The molecule has 0 bridgehead atoms. The number of carboxylic acids is 1. The van der Waals surface area contributed by atoms with Crippen LogP contribution in [0.2, 0.25) is 0 Å². The van der Waals surface area contributed by atoms with Crippen LogP contribution in [0.4, 0.5) is 9.59 Å². The molecule has 180 valence electrons. The molecule has 2 aliphatic rings. The number of carbonyl (C=O) groups excluding carboxylic acids is 2. The summed E-state index contributed by atoms with van der Waals surface area (Å²) in [7, 11) is 0. The van der Waals surface area contributed by atoms with Crippen molar-refractivity contribution in [2.45, 2.75) is 44.8 Å². The summed E-state index contributed by atoms with van der Waals surface area (Å²) >= 11 is 0. The summed E-state index contributed by atoms with van der Waals surface area (Å²) in [6, 6.07) is 14.9. The van der Waals surface area contributed by atoms with Gasteiger partial charge in [0.25, 0.3) is 0 Å². The van der Waals surface area contributed by atoms with Gasteiger partial charge in [-0.1, -0.05) is 48.5 Å². The van der Waals surface area contributed by atoms with Crippen molar-refractivity contribution in [1.29, 1.82) is 0 Å². The number of carboxylic acid groups (broad SMARTS) is 1. The molecule has 1 aliphatic heterocycles. The standard InChI is InChI=1S/C26H30N2O6/c1-26(2,3)34-25(32)28-13-16(14-28)12-22(23(29)30)27-24(31)33-15-21-19-10-6-4-8-17(19)18-9-5-7-11-20(18)21/h4-11,16,21-22H,12-15H2,1-3H3,(H,27,31)(H,29,30)/t22-/m0/s1. The largest absolute Gasteiger partial charge is 0.480 e. The number of benzene rings is 2. The van der Waals surface area contributed by atoms with Gasteiger partial charge in [-0.05, 0) is 55.4 Å². The van der Waals surface area contributed by atoms with Crippen LogP contribution in [0.5, 0.6) is 0 Å². The lowest BCUT2D eigenvalue weighted by Gasteiger charge is -2.40. The fraction of sp³-hybridized carbons (Fsp3) is 0.423. The first-order chi connectivity index (χ1) is 16.1. The van der Waals surface area contributed by atoms with Gasteiger partial charge in [0.05, 0.1) is 0 Å². The quantitative estimate of drug-likeness (QED) is 0.660. The van der Waals surface area contributed by atoms with Crippen LogP contribution < -0.4 is 5.32 Å². The fourth-order valence-corrected chi connectivity index (χ4v) is 4.53. The molecule has 34 heavy (non-hydrogen) atoms. The minimum Gasteiger partial charge on any atom is -0.480 e. The Labute approximate surface area is 198 Å². The third kappa shape index (κ3) is 5.16. The molecule has 1 saturated heterocycles. The SMILES string of the molecule is CC(C)(C)OC(=O)N1CC(C[C@H](NC(=O)OCC2c3ccccc3-c3ccccc32)C(=O)O)C1. The van der Waals surface area contributed by atoms with Gasteiger partial charge in [0.15, 0.2) is 0 Å². The van der Waals surface area contributed by atoms with E-state index in [1.54, 1.807) is 20.8 Å². The van der Waals surface area contributed by atoms with E-state index < -0.39 is 29.8 Å². The summed E-state index contributed by atoms with van der Waals surface area (Å²) in [6.45, 7) is 6.28. The maximum Gasteiger partial charge on any atom is 0.410 e. The van der Waals surface area contributed by atoms with Crippen LogP contribution in [0.15, 0.2) is 48.5 Å². The lowest BCUT2D eigenvalue weighted by Crippen LogP contribution is -2.54. The van der Waals surface area contributed by atoms with Crippen molar-refractivity contribution in [3.8, 4) is 11.1 Å². The predicted octanol–water partition coefficient (Wildman–Crippen LogP) is 4.24. The van der Waals surface area contributed by atoms with Crippen LogP contribution in [0.3, 0.4) is 0 Å². The highest BCUT2D eigenvalue weighted by atomic mass is 16.6. The lowest BCUT2D eigenvalue weighted by atomic mass is 9.92. The number of fused-ring (bicyclic) bond motifs is 3. The van der Waals surface area contributed by atoms with Gasteiger partial charge < -0.3 is 24.8 Å². The average molecular weight is 467 g/mol. The van der Waals surface area contributed by atoms with E-state index in [4.69, 9.17) is 9.47 Å². The molecule has 1 fully saturated rings. The number of nitrogens with zero attached hydrogens (tertiary/aromatic N) is 1. The lowest BCUT2D eigenvalue weighted by molar-refractivity contribution is -0.140. The van der Waals surface area contributed by atoms with Gasteiger partial charge in [0.1, 0.15) is 18.2 Å². The molecule has 8 nitrogen and oxygen atoms in total. The zero-order chi connectivity index (χ0) is 24.5. The molecular formula is C26H30N2O6. The van der Waals surface area contributed by atoms with Crippen molar-refractivity contribution in [2.24, 2.45) is 5.92 Å². The van der Waals surface area contributed by atoms with Crippen molar-refractivity contribution in [3.05, 3.63) is 59.7 Å². The molecule has 2 aromatic carbocycles. The number of carbonyl (C=O) groups is 3. The maximum atomic E-state index is 12.5. The van der Waals surface area contributed by atoms with E-state index in [2.05, 4.69) is 5.32 Å². The molecule has 0 radical (unpaired) electrons. The van der Waals surface area contributed by atoms with Crippen LogP contribution in [-0.4, -0.2) is 59.5 Å². The van der Waals surface area contributed by atoms with E-state index in [9.17, 15) is 19.5 Å². The first kappa shape index (κ1) is 23.6. The minimum atomic E-state index is -1.13. The van der Waals surface area contributed by atoms with Gasteiger partial charge in [-0.2, -0.15) is 0 Å². The number of aliphatic carboxylic acids is 1. The molecular weight excluding hydrogens is 436 g/mol. The van der Waals surface area contributed by atoms with Crippen molar-refractivity contribution in [2.75, 3.05) is 19.7 Å². The van der Waals surface area contributed by atoms with Crippen molar-refractivity contribution in [1.82, 2.24) is 10.2 Å². The second-order valence-corrected chi connectivity index (χ2v) is 9.85. The van der Waals surface area contributed by atoms with Gasteiger partial charge >= 0.3 is 18.2 Å². The molecule has 1 atom stereocenters. The number of rotatable bonds is 6. The third-order valence-electron chi connectivity index (χ3n) is 6.11. The van der Waals surface area contributed by atoms with Crippen LogP contribution >= 0.6 is 0 Å². The molecule has 0 unspecified atom stereocenters.